The van der Waals surface area contributed by atoms with Crippen molar-refractivity contribution in [3.63, 3.8) is 0 Å². The summed E-state index contributed by atoms with van der Waals surface area (Å²) >= 11 is 1.62. The fourth-order valence-electron chi connectivity index (χ4n) is 2.17. The van der Waals surface area contributed by atoms with Crippen LogP contribution in [0.3, 0.4) is 0 Å². The molecule has 2 amide bonds. The first-order valence-corrected chi connectivity index (χ1v) is 8.75. The lowest BCUT2D eigenvalue weighted by Crippen LogP contribution is -2.55. The Morgan fingerprint density at radius 3 is 2.33 bits per heavy atom. The standard InChI is InChI=1S/C15H29N3O2S/c1-6-15(16,7-2)9-17-12(19)11-8-21-10-18(11)13(20)14(3,4)5/h11H,6-10,16H2,1-5H3,(H,17,19). The molecule has 6 heteroatoms. The van der Waals surface area contributed by atoms with Gasteiger partial charge in [-0.3, -0.25) is 9.59 Å². The number of hydrogen-bond acceptors (Lipinski definition) is 4. The number of thioether (sulfide) groups is 1. The molecule has 5 nitrogen and oxygen atoms in total. The van der Waals surface area contributed by atoms with Crippen molar-refractivity contribution >= 4 is 23.6 Å². The van der Waals surface area contributed by atoms with Gasteiger partial charge in [0.2, 0.25) is 11.8 Å². The minimum absolute atomic E-state index is 0.0256. The third kappa shape index (κ3) is 4.61. The van der Waals surface area contributed by atoms with Crippen LogP contribution in [0.25, 0.3) is 0 Å². The predicted molar refractivity (Wildman–Crippen MR) is 87.9 cm³/mol. The predicted octanol–water partition coefficient (Wildman–Crippen LogP) is 1.57. The highest BCUT2D eigenvalue weighted by atomic mass is 32.2. The second-order valence-corrected chi connectivity index (χ2v) is 7.83. The van der Waals surface area contributed by atoms with E-state index in [-0.39, 0.29) is 23.4 Å². The first-order chi connectivity index (χ1) is 9.64. The number of carbonyl (C=O) groups excluding carboxylic acids is 2. The molecule has 1 unspecified atom stereocenters. The SMILES string of the molecule is CCC(N)(CC)CNC(=O)C1CSCN1C(=O)C(C)(C)C. The van der Waals surface area contributed by atoms with Gasteiger partial charge in [-0.05, 0) is 12.8 Å². The molecule has 122 valence electrons. The molecule has 0 saturated carbocycles. The van der Waals surface area contributed by atoms with E-state index in [2.05, 4.69) is 5.32 Å². The molecule has 1 atom stereocenters. The lowest BCUT2D eigenvalue weighted by Gasteiger charge is -2.31. The molecule has 0 spiro atoms. The summed E-state index contributed by atoms with van der Waals surface area (Å²) in [6.07, 6.45) is 1.63. The molecule has 21 heavy (non-hydrogen) atoms. The average Bonchev–Trinajstić information content (AvgIpc) is 2.91. The molecule has 0 radical (unpaired) electrons. The Morgan fingerprint density at radius 1 is 1.29 bits per heavy atom. The van der Waals surface area contributed by atoms with Gasteiger partial charge in [0.15, 0.2) is 0 Å². The number of nitrogens with one attached hydrogen (secondary N) is 1. The average molecular weight is 315 g/mol. The van der Waals surface area contributed by atoms with E-state index in [1.54, 1.807) is 16.7 Å². The van der Waals surface area contributed by atoms with Crippen molar-refractivity contribution in [2.75, 3.05) is 18.2 Å². The van der Waals surface area contributed by atoms with Gasteiger partial charge < -0.3 is 16.0 Å². The highest BCUT2D eigenvalue weighted by molar-refractivity contribution is 7.99. The first kappa shape index (κ1) is 18.3. The third-order valence-corrected chi connectivity index (χ3v) is 5.12. The Balaban J connectivity index is 2.67. The van der Waals surface area contributed by atoms with Crippen LogP contribution in [0.15, 0.2) is 0 Å². The summed E-state index contributed by atoms with van der Waals surface area (Å²) in [6, 6.07) is -0.375. The number of hydrogen-bond donors (Lipinski definition) is 2. The van der Waals surface area contributed by atoms with E-state index in [1.165, 1.54) is 0 Å². The quantitative estimate of drug-likeness (QED) is 0.807. The van der Waals surface area contributed by atoms with E-state index in [9.17, 15) is 9.59 Å². The fraction of sp³-hybridized carbons (Fsp3) is 0.867. The molecule has 1 rings (SSSR count). The zero-order valence-corrected chi connectivity index (χ0v) is 14.7. The highest BCUT2D eigenvalue weighted by Crippen LogP contribution is 2.27. The van der Waals surface area contributed by atoms with Gasteiger partial charge in [-0.1, -0.05) is 34.6 Å². The summed E-state index contributed by atoms with van der Waals surface area (Å²) < 4.78 is 0. The maximum Gasteiger partial charge on any atom is 0.243 e. The van der Waals surface area contributed by atoms with E-state index in [0.717, 1.165) is 12.8 Å². The largest absolute Gasteiger partial charge is 0.352 e. The molecule has 1 saturated heterocycles. The minimum Gasteiger partial charge on any atom is -0.352 e. The van der Waals surface area contributed by atoms with E-state index in [0.29, 0.717) is 18.2 Å². The summed E-state index contributed by atoms with van der Waals surface area (Å²) in [5, 5.41) is 2.93. The van der Waals surface area contributed by atoms with E-state index < -0.39 is 5.41 Å². The van der Waals surface area contributed by atoms with Crippen LogP contribution in [0, 0.1) is 5.41 Å². The number of rotatable bonds is 5. The number of amides is 2. The first-order valence-electron chi connectivity index (χ1n) is 7.60. The molecule has 3 N–H and O–H groups in total. The van der Waals surface area contributed by atoms with Crippen LogP contribution in [0.4, 0.5) is 0 Å². The second kappa shape index (κ2) is 7.01. The van der Waals surface area contributed by atoms with Gasteiger partial charge in [-0.15, -0.1) is 11.8 Å². The molecule has 0 aromatic heterocycles. The molecule has 1 heterocycles. The van der Waals surface area contributed by atoms with Crippen molar-refractivity contribution in [1.29, 1.82) is 0 Å². The van der Waals surface area contributed by atoms with E-state index in [4.69, 9.17) is 5.73 Å². The lowest BCUT2D eigenvalue weighted by atomic mass is 9.93. The van der Waals surface area contributed by atoms with Crippen molar-refractivity contribution in [3.8, 4) is 0 Å². The van der Waals surface area contributed by atoms with Crippen molar-refractivity contribution in [2.24, 2.45) is 11.1 Å². The van der Waals surface area contributed by atoms with Gasteiger partial charge in [0.05, 0.1) is 5.88 Å². The summed E-state index contributed by atoms with van der Waals surface area (Å²) in [5.41, 5.74) is 5.38. The van der Waals surface area contributed by atoms with Crippen LogP contribution in [0.2, 0.25) is 0 Å². The van der Waals surface area contributed by atoms with Gasteiger partial charge in [0, 0.05) is 23.3 Å². The van der Waals surface area contributed by atoms with Crippen molar-refractivity contribution in [2.45, 2.75) is 59.0 Å². The summed E-state index contributed by atoms with van der Waals surface area (Å²) in [6.45, 7) is 10.1. The molecule has 1 aliphatic heterocycles. The summed E-state index contributed by atoms with van der Waals surface area (Å²) in [7, 11) is 0. The van der Waals surface area contributed by atoms with Crippen molar-refractivity contribution < 1.29 is 9.59 Å². The van der Waals surface area contributed by atoms with Crippen LogP contribution < -0.4 is 11.1 Å². The van der Waals surface area contributed by atoms with E-state index in [1.807, 2.05) is 34.6 Å². The molecule has 1 aliphatic rings. The molecule has 0 bridgehead atoms. The molecule has 1 fully saturated rings. The zero-order valence-electron chi connectivity index (χ0n) is 13.9. The number of nitrogens with zero attached hydrogens (tertiary/aromatic N) is 1. The smallest absolute Gasteiger partial charge is 0.243 e. The van der Waals surface area contributed by atoms with Crippen LogP contribution >= 0.6 is 11.8 Å². The zero-order chi connectivity index (χ0) is 16.3. The van der Waals surface area contributed by atoms with Crippen LogP contribution in [0.5, 0.6) is 0 Å². The Morgan fingerprint density at radius 2 is 1.86 bits per heavy atom. The van der Waals surface area contributed by atoms with Gasteiger partial charge in [0.1, 0.15) is 6.04 Å². The Bertz CT molecular complexity index is 389. The summed E-state index contributed by atoms with van der Waals surface area (Å²) in [5.74, 6) is 1.18. The van der Waals surface area contributed by atoms with Crippen LogP contribution in [-0.2, 0) is 9.59 Å². The van der Waals surface area contributed by atoms with Gasteiger partial charge in [-0.2, -0.15) is 0 Å². The Hall–Kier alpha value is -0.750. The van der Waals surface area contributed by atoms with Gasteiger partial charge in [0.25, 0.3) is 0 Å². The summed E-state index contributed by atoms with van der Waals surface area (Å²) in [4.78, 5) is 26.5. The third-order valence-electron chi connectivity index (χ3n) is 4.11. The maximum absolute atomic E-state index is 12.4. The number of nitrogens with two attached hydrogens (primary N) is 1. The van der Waals surface area contributed by atoms with Crippen molar-refractivity contribution in [1.82, 2.24) is 10.2 Å². The topological polar surface area (TPSA) is 75.4 Å². The number of carbonyl (C=O) groups is 2. The highest BCUT2D eigenvalue weighted by Gasteiger charge is 2.39. The molecule has 0 aromatic carbocycles. The second-order valence-electron chi connectivity index (χ2n) is 6.83. The van der Waals surface area contributed by atoms with Crippen LogP contribution in [0.1, 0.15) is 47.5 Å². The molecular weight excluding hydrogens is 286 g/mol. The molecular formula is C15H29N3O2S. The Kier molecular flexibility index (Phi) is 6.11. The van der Waals surface area contributed by atoms with E-state index >= 15 is 0 Å². The monoisotopic (exact) mass is 315 g/mol. The van der Waals surface area contributed by atoms with Crippen molar-refractivity contribution in [3.05, 3.63) is 0 Å². The minimum atomic E-state index is -0.464. The molecule has 0 aliphatic carbocycles. The fourth-order valence-corrected chi connectivity index (χ4v) is 3.33. The van der Waals surface area contributed by atoms with Gasteiger partial charge in [-0.25, -0.2) is 0 Å². The lowest BCUT2D eigenvalue weighted by molar-refractivity contribution is -0.144. The van der Waals surface area contributed by atoms with Crippen LogP contribution in [-0.4, -0.2) is 46.5 Å². The van der Waals surface area contributed by atoms with Gasteiger partial charge >= 0.3 is 0 Å². The molecule has 0 aromatic rings. The normalized spacial score (nSPS) is 19.7. The maximum atomic E-state index is 12.4. The Labute approximate surface area is 132 Å².